The van der Waals surface area contributed by atoms with Crippen molar-refractivity contribution in [3.63, 3.8) is 0 Å². The Morgan fingerprint density at radius 2 is 2.00 bits per heavy atom. The lowest BCUT2D eigenvalue weighted by Gasteiger charge is -2.14. The summed E-state index contributed by atoms with van der Waals surface area (Å²) in [6.07, 6.45) is 1.73. The lowest BCUT2D eigenvalue weighted by Crippen LogP contribution is -2.26. The van der Waals surface area contributed by atoms with Gasteiger partial charge < -0.3 is 10.1 Å². The quantitative estimate of drug-likeness (QED) is 0.436. The third-order valence-corrected chi connectivity index (χ3v) is 5.91. The minimum absolute atomic E-state index is 0.192. The molecular weight excluding hydrogens is 424 g/mol. The average molecular weight is 449 g/mol. The molecule has 4 aromatic rings. The molecule has 1 unspecified atom stereocenters. The lowest BCUT2D eigenvalue weighted by atomic mass is 10.0. The van der Waals surface area contributed by atoms with Gasteiger partial charge in [-0.3, -0.25) is 4.79 Å². The van der Waals surface area contributed by atoms with Crippen molar-refractivity contribution in [1.29, 1.82) is 0 Å². The summed E-state index contributed by atoms with van der Waals surface area (Å²) in [5, 5.41) is 17.8. The van der Waals surface area contributed by atoms with Gasteiger partial charge in [-0.1, -0.05) is 29.8 Å². The van der Waals surface area contributed by atoms with E-state index in [-0.39, 0.29) is 18.6 Å². The van der Waals surface area contributed by atoms with Crippen molar-refractivity contribution in [2.24, 2.45) is 0 Å². The number of hydrogen-bond donors (Lipinski definition) is 1. The van der Waals surface area contributed by atoms with Gasteiger partial charge in [-0.15, -0.1) is 16.4 Å². The Labute approximate surface area is 190 Å². The summed E-state index contributed by atoms with van der Waals surface area (Å²) in [5.74, 6) is 0.373. The first-order valence-electron chi connectivity index (χ1n) is 10.3. The van der Waals surface area contributed by atoms with E-state index >= 15 is 0 Å². The Bertz CT molecular complexity index is 1190. The van der Waals surface area contributed by atoms with Gasteiger partial charge in [-0.25, -0.2) is 4.98 Å². The highest BCUT2D eigenvalue weighted by Gasteiger charge is 2.17. The molecule has 9 heteroatoms. The van der Waals surface area contributed by atoms with Gasteiger partial charge in [0.05, 0.1) is 11.7 Å². The van der Waals surface area contributed by atoms with E-state index in [1.54, 1.807) is 16.9 Å². The van der Waals surface area contributed by atoms with Crippen LogP contribution in [0.5, 0.6) is 0 Å². The predicted molar refractivity (Wildman–Crippen MR) is 123 cm³/mol. The van der Waals surface area contributed by atoms with Crippen LogP contribution in [0.2, 0.25) is 0 Å². The predicted octanol–water partition coefficient (Wildman–Crippen LogP) is 4.12. The van der Waals surface area contributed by atoms with Crippen molar-refractivity contribution in [3.8, 4) is 16.8 Å². The minimum atomic E-state index is -0.199. The first-order chi connectivity index (χ1) is 15.5. The molecule has 0 fully saturated rings. The summed E-state index contributed by atoms with van der Waals surface area (Å²) >= 11 is 1.51. The van der Waals surface area contributed by atoms with Gasteiger partial charge in [0, 0.05) is 23.7 Å². The molecule has 0 aliphatic rings. The Balaban J connectivity index is 1.73. The van der Waals surface area contributed by atoms with E-state index in [9.17, 15) is 4.79 Å². The fraction of sp³-hybridized carbons (Fsp3) is 0.261. The number of hydrogen-bond acceptors (Lipinski definition) is 7. The number of nitrogens with zero attached hydrogens (tertiary/aromatic N) is 5. The molecule has 0 spiro atoms. The third-order valence-electron chi connectivity index (χ3n) is 4.95. The van der Waals surface area contributed by atoms with Crippen molar-refractivity contribution < 1.29 is 9.53 Å². The fourth-order valence-corrected chi connectivity index (χ4v) is 3.90. The zero-order valence-electron chi connectivity index (χ0n) is 18.1. The van der Waals surface area contributed by atoms with Crippen LogP contribution in [-0.2, 0) is 11.3 Å². The third kappa shape index (κ3) is 4.90. The zero-order chi connectivity index (χ0) is 22.5. The molecule has 1 atom stereocenters. The number of carbonyl (C=O) groups excluding carboxylic acids is 1. The first kappa shape index (κ1) is 21.8. The molecule has 2 heterocycles. The number of aryl methyl sites for hydroxylation is 1. The summed E-state index contributed by atoms with van der Waals surface area (Å²) in [6, 6.07) is 13.6. The Morgan fingerprint density at radius 1 is 1.19 bits per heavy atom. The van der Waals surface area contributed by atoms with E-state index in [2.05, 4.69) is 25.8 Å². The molecule has 32 heavy (non-hydrogen) atoms. The summed E-state index contributed by atoms with van der Waals surface area (Å²) in [6.45, 7) is 6.71. The molecule has 8 nitrogen and oxygen atoms in total. The highest BCUT2D eigenvalue weighted by atomic mass is 32.1. The highest BCUT2D eigenvalue weighted by molar-refractivity contribution is 7.09. The van der Waals surface area contributed by atoms with Crippen molar-refractivity contribution in [2.45, 2.75) is 33.4 Å². The van der Waals surface area contributed by atoms with E-state index < -0.39 is 0 Å². The molecule has 164 valence electrons. The molecule has 2 aromatic heterocycles. The maximum Gasteiger partial charge on any atom is 0.251 e. The topological polar surface area (TPSA) is 94.8 Å². The van der Waals surface area contributed by atoms with Crippen LogP contribution in [0.25, 0.3) is 16.8 Å². The average Bonchev–Trinajstić information content (AvgIpc) is 3.50. The number of ether oxygens (including phenoxy) is 1. The maximum absolute atomic E-state index is 13.1. The Kier molecular flexibility index (Phi) is 6.67. The van der Waals surface area contributed by atoms with Crippen LogP contribution >= 0.6 is 11.3 Å². The van der Waals surface area contributed by atoms with Crippen LogP contribution in [0.3, 0.4) is 0 Å². The van der Waals surface area contributed by atoms with Crippen LogP contribution in [0.1, 0.15) is 46.6 Å². The number of rotatable bonds is 8. The molecule has 1 amide bonds. The number of tetrazole rings is 1. The first-order valence-corrected chi connectivity index (χ1v) is 11.2. The number of aromatic nitrogens is 5. The smallest absolute Gasteiger partial charge is 0.251 e. The van der Waals surface area contributed by atoms with Gasteiger partial charge in [0.15, 0.2) is 5.82 Å². The molecule has 0 saturated heterocycles. The van der Waals surface area contributed by atoms with Crippen LogP contribution < -0.4 is 5.32 Å². The van der Waals surface area contributed by atoms with E-state index in [1.165, 1.54) is 16.9 Å². The molecule has 2 aromatic carbocycles. The van der Waals surface area contributed by atoms with E-state index in [0.717, 1.165) is 16.1 Å². The number of amides is 1. The summed E-state index contributed by atoms with van der Waals surface area (Å²) in [4.78, 5) is 17.4. The molecule has 0 aliphatic heterocycles. The van der Waals surface area contributed by atoms with Crippen molar-refractivity contribution >= 4 is 17.2 Å². The van der Waals surface area contributed by atoms with E-state index in [1.807, 2.05) is 62.5 Å². The second kappa shape index (κ2) is 9.80. The largest absolute Gasteiger partial charge is 0.374 e. The molecular formula is C23H24N6O2S. The van der Waals surface area contributed by atoms with Gasteiger partial charge in [0.2, 0.25) is 0 Å². The van der Waals surface area contributed by atoms with Crippen LogP contribution in [0.4, 0.5) is 0 Å². The Hall–Kier alpha value is -3.43. The minimum Gasteiger partial charge on any atom is -0.374 e. The summed E-state index contributed by atoms with van der Waals surface area (Å²) < 4.78 is 7.10. The number of thiazole rings is 1. The van der Waals surface area contributed by atoms with Crippen LogP contribution in [0.15, 0.2) is 54.0 Å². The zero-order valence-corrected chi connectivity index (χ0v) is 19.0. The number of benzene rings is 2. The normalized spacial score (nSPS) is 12.0. The SMILES string of the molecule is CCOCc1nnnn1-c1cc(C(=O)NC(C)c2nccs2)cc(-c2ccc(C)cc2)c1. The van der Waals surface area contributed by atoms with Crippen LogP contribution in [-0.4, -0.2) is 37.7 Å². The Morgan fingerprint density at radius 3 is 2.72 bits per heavy atom. The van der Waals surface area contributed by atoms with Crippen molar-refractivity contribution in [3.05, 3.63) is 76.0 Å². The molecule has 0 saturated carbocycles. The van der Waals surface area contributed by atoms with Crippen molar-refractivity contribution in [1.82, 2.24) is 30.5 Å². The number of carbonyl (C=O) groups is 1. The van der Waals surface area contributed by atoms with Gasteiger partial charge in [-0.2, -0.15) is 4.68 Å². The fourth-order valence-electron chi connectivity index (χ4n) is 3.26. The van der Waals surface area contributed by atoms with E-state index in [0.29, 0.717) is 23.7 Å². The van der Waals surface area contributed by atoms with Crippen LogP contribution in [0, 0.1) is 6.92 Å². The standard InChI is InChI=1S/C23H24N6O2S/c1-4-31-14-21-26-27-28-29(21)20-12-18(17-7-5-15(2)6-8-17)11-19(13-20)22(30)25-16(3)23-24-9-10-32-23/h5-13,16H,4,14H2,1-3H3,(H,25,30). The van der Waals surface area contributed by atoms with E-state index in [4.69, 9.17) is 4.74 Å². The summed E-state index contributed by atoms with van der Waals surface area (Å²) in [5.41, 5.74) is 4.26. The second-order valence-corrected chi connectivity index (χ2v) is 8.27. The monoisotopic (exact) mass is 448 g/mol. The van der Waals surface area contributed by atoms with Gasteiger partial charge in [0.1, 0.15) is 11.6 Å². The molecule has 0 aliphatic carbocycles. The van der Waals surface area contributed by atoms with Gasteiger partial charge in [-0.05, 0) is 60.5 Å². The number of nitrogens with one attached hydrogen (secondary N) is 1. The molecule has 0 radical (unpaired) electrons. The molecule has 0 bridgehead atoms. The molecule has 1 N–H and O–H groups in total. The lowest BCUT2D eigenvalue weighted by molar-refractivity contribution is 0.0940. The second-order valence-electron chi connectivity index (χ2n) is 7.34. The molecule has 4 rings (SSSR count). The highest BCUT2D eigenvalue weighted by Crippen LogP contribution is 2.26. The van der Waals surface area contributed by atoms with Crippen molar-refractivity contribution in [2.75, 3.05) is 6.61 Å². The maximum atomic E-state index is 13.1. The summed E-state index contributed by atoms with van der Waals surface area (Å²) in [7, 11) is 0. The van der Waals surface area contributed by atoms with Gasteiger partial charge in [0.25, 0.3) is 5.91 Å². The van der Waals surface area contributed by atoms with Gasteiger partial charge >= 0.3 is 0 Å².